The third-order valence-corrected chi connectivity index (χ3v) is 2.89. The van der Waals surface area contributed by atoms with Gasteiger partial charge in [-0.1, -0.05) is 32.9 Å². The quantitative estimate of drug-likeness (QED) is 0.798. The number of hydrogen-bond acceptors (Lipinski definition) is 4. The molecule has 1 aromatic heterocycles. The first kappa shape index (κ1) is 13.4. The fraction of sp³-hybridized carbons (Fsp3) is 0.429. The van der Waals surface area contributed by atoms with Gasteiger partial charge in [-0.15, -0.1) is 0 Å². The standard InChI is InChI=1S/C14H18N2O3/c1-5-18-13-12(16(17)19-15-13)10-6-8-11(9-7-10)14(2,3)4/h6-9H,5H2,1-4H3. The van der Waals surface area contributed by atoms with Gasteiger partial charge in [0, 0.05) is 5.56 Å². The summed E-state index contributed by atoms with van der Waals surface area (Å²) in [5.41, 5.74) is 2.31. The molecule has 2 aromatic rings. The molecule has 0 bridgehead atoms. The van der Waals surface area contributed by atoms with Crippen molar-refractivity contribution >= 4 is 0 Å². The highest BCUT2D eigenvalue weighted by Gasteiger charge is 2.23. The molecular weight excluding hydrogens is 244 g/mol. The fourth-order valence-electron chi connectivity index (χ4n) is 1.82. The predicted molar refractivity (Wildman–Crippen MR) is 70.8 cm³/mol. The molecule has 0 atom stereocenters. The van der Waals surface area contributed by atoms with Crippen LogP contribution >= 0.6 is 0 Å². The Bertz CT molecular complexity index is 553. The van der Waals surface area contributed by atoms with Gasteiger partial charge in [0.1, 0.15) is 0 Å². The summed E-state index contributed by atoms with van der Waals surface area (Å²) < 4.78 is 9.87. The zero-order valence-corrected chi connectivity index (χ0v) is 11.6. The highest BCUT2D eigenvalue weighted by molar-refractivity contribution is 5.61. The van der Waals surface area contributed by atoms with Crippen molar-refractivity contribution in [2.24, 2.45) is 0 Å². The second kappa shape index (κ2) is 4.91. The fourth-order valence-corrected chi connectivity index (χ4v) is 1.82. The van der Waals surface area contributed by atoms with Crippen molar-refractivity contribution in [3.8, 4) is 17.1 Å². The second-order valence-corrected chi connectivity index (χ2v) is 5.34. The molecule has 19 heavy (non-hydrogen) atoms. The van der Waals surface area contributed by atoms with Crippen LogP contribution in [0, 0.1) is 5.21 Å². The maximum atomic E-state index is 11.6. The summed E-state index contributed by atoms with van der Waals surface area (Å²) in [4.78, 5) is 0.372. The summed E-state index contributed by atoms with van der Waals surface area (Å²) in [6, 6.07) is 7.75. The topological polar surface area (TPSA) is 62.2 Å². The van der Waals surface area contributed by atoms with E-state index in [4.69, 9.17) is 4.74 Å². The van der Waals surface area contributed by atoms with E-state index >= 15 is 0 Å². The zero-order valence-electron chi connectivity index (χ0n) is 11.6. The first-order valence-electron chi connectivity index (χ1n) is 6.27. The molecule has 0 radical (unpaired) electrons. The van der Waals surface area contributed by atoms with Crippen LogP contribution in [0.5, 0.6) is 5.88 Å². The van der Waals surface area contributed by atoms with Crippen molar-refractivity contribution in [2.75, 3.05) is 6.61 Å². The number of aromatic nitrogens is 2. The number of rotatable bonds is 3. The largest absolute Gasteiger partial charge is 0.455 e. The average Bonchev–Trinajstić information content (AvgIpc) is 2.70. The van der Waals surface area contributed by atoms with Crippen LogP contribution in [0.4, 0.5) is 0 Å². The Morgan fingerprint density at radius 3 is 2.42 bits per heavy atom. The molecule has 0 amide bonds. The van der Waals surface area contributed by atoms with E-state index in [9.17, 15) is 5.21 Å². The van der Waals surface area contributed by atoms with Crippen LogP contribution in [0.3, 0.4) is 0 Å². The molecule has 0 spiro atoms. The van der Waals surface area contributed by atoms with E-state index < -0.39 is 0 Å². The molecule has 0 aliphatic carbocycles. The molecule has 0 saturated carbocycles. The Hall–Kier alpha value is -2.04. The Labute approximate surface area is 112 Å². The van der Waals surface area contributed by atoms with Crippen LogP contribution < -0.4 is 9.64 Å². The number of hydrogen-bond donors (Lipinski definition) is 0. The lowest BCUT2D eigenvalue weighted by atomic mass is 9.86. The zero-order chi connectivity index (χ0) is 14.0. The van der Waals surface area contributed by atoms with Crippen molar-refractivity contribution in [2.45, 2.75) is 33.1 Å². The van der Waals surface area contributed by atoms with Gasteiger partial charge in [0.2, 0.25) is 0 Å². The van der Waals surface area contributed by atoms with Crippen molar-refractivity contribution < 1.29 is 14.3 Å². The maximum Gasteiger partial charge on any atom is 0.402 e. The molecule has 2 rings (SSSR count). The van der Waals surface area contributed by atoms with Crippen molar-refractivity contribution in [1.29, 1.82) is 0 Å². The number of benzene rings is 1. The Balaban J connectivity index is 2.40. The highest BCUT2D eigenvalue weighted by atomic mass is 16.8. The van der Waals surface area contributed by atoms with Gasteiger partial charge in [0.05, 0.1) is 11.8 Å². The van der Waals surface area contributed by atoms with Gasteiger partial charge in [-0.05, 0) is 34.9 Å². The van der Waals surface area contributed by atoms with Crippen molar-refractivity contribution in [3.05, 3.63) is 35.0 Å². The second-order valence-electron chi connectivity index (χ2n) is 5.34. The van der Waals surface area contributed by atoms with Gasteiger partial charge in [0.15, 0.2) is 0 Å². The smallest absolute Gasteiger partial charge is 0.402 e. The number of ether oxygens (including phenoxy) is 1. The van der Waals surface area contributed by atoms with Crippen LogP contribution in [0.1, 0.15) is 33.3 Å². The summed E-state index contributed by atoms with van der Waals surface area (Å²) >= 11 is 0. The third kappa shape index (κ3) is 2.70. The van der Waals surface area contributed by atoms with Gasteiger partial charge >= 0.3 is 5.88 Å². The molecule has 102 valence electrons. The SMILES string of the molecule is CCOc1no[n+]([O-])c1-c1ccc(C(C)(C)C)cc1. The molecule has 0 fully saturated rings. The van der Waals surface area contributed by atoms with E-state index in [-0.39, 0.29) is 11.3 Å². The van der Waals surface area contributed by atoms with Crippen LogP contribution in [-0.2, 0) is 5.41 Å². The first-order chi connectivity index (χ1) is 8.93. The summed E-state index contributed by atoms with van der Waals surface area (Å²) in [5.74, 6) is 0.223. The van der Waals surface area contributed by atoms with E-state index in [1.54, 1.807) is 0 Å². The molecule has 0 aliphatic rings. The summed E-state index contributed by atoms with van der Waals surface area (Å²) in [7, 11) is 0. The van der Waals surface area contributed by atoms with Crippen LogP contribution in [-0.4, -0.2) is 11.8 Å². The summed E-state index contributed by atoms with van der Waals surface area (Å²) in [6.07, 6.45) is 0. The summed E-state index contributed by atoms with van der Waals surface area (Å²) in [6.45, 7) is 8.68. The minimum Gasteiger partial charge on any atom is -0.455 e. The Morgan fingerprint density at radius 2 is 1.89 bits per heavy atom. The molecule has 0 N–H and O–H groups in total. The monoisotopic (exact) mass is 262 g/mol. The lowest BCUT2D eigenvalue weighted by Crippen LogP contribution is -2.25. The Morgan fingerprint density at radius 1 is 1.26 bits per heavy atom. The third-order valence-electron chi connectivity index (χ3n) is 2.89. The van der Waals surface area contributed by atoms with Crippen LogP contribution in [0.25, 0.3) is 11.3 Å². The molecule has 1 heterocycles. The maximum absolute atomic E-state index is 11.6. The molecular formula is C14H18N2O3. The van der Waals surface area contributed by atoms with E-state index in [1.807, 2.05) is 31.2 Å². The predicted octanol–water partition coefficient (Wildman–Crippen LogP) is 2.67. The molecule has 1 aromatic carbocycles. The summed E-state index contributed by atoms with van der Waals surface area (Å²) in [5, 5.41) is 15.2. The minimum absolute atomic E-state index is 0.0728. The van der Waals surface area contributed by atoms with Gasteiger partial charge in [-0.25, -0.2) is 0 Å². The number of nitrogens with zero attached hydrogens (tertiary/aromatic N) is 2. The average molecular weight is 262 g/mol. The molecule has 5 heteroatoms. The van der Waals surface area contributed by atoms with Crippen LogP contribution in [0.2, 0.25) is 0 Å². The minimum atomic E-state index is 0.0728. The van der Waals surface area contributed by atoms with E-state index in [0.29, 0.717) is 17.2 Å². The van der Waals surface area contributed by atoms with Crippen molar-refractivity contribution in [1.82, 2.24) is 5.16 Å². The van der Waals surface area contributed by atoms with Crippen molar-refractivity contribution in [3.63, 3.8) is 0 Å². The Kier molecular flexibility index (Phi) is 3.46. The van der Waals surface area contributed by atoms with Gasteiger partial charge in [-0.2, -0.15) is 0 Å². The van der Waals surface area contributed by atoms with E-state index in [2.05, 4.69) is 30.6 Å². The van der Waals surface area contributed by atoms with Crippen LogP contribution in [0.15, 0.2) is 28.9 Å². The molecule has 0 aliphatic heterocycles. The lowest BCUT2D eigenvalue weighted by Gasteiger charge is -2.18. The first-order valence-corrected chi connectivity index (χ1v) is 6.27. The highest BCUT2D eigenvalue weighted by Crippen LogP contribution is 2.28. The van der Waals surface area contributed by atoms with E-state index in [0.717, 1.165) is 5.56 Å². The van der Waals surface area contributed by atoms with Gasteiger partial charge < -0.3 is 9.94 Å². The van der Waals surface area contributed by atoms with Gasteiger partial charge in [-0.3, -0.25) is 4.63 Å². The normalized spacial score (nSPS) is 11.6. The molecule has 0 unspecified atom stereocenters. The van der Waals surface area contributed by atoms with Gasteiger partial charge in [0.25, 0.3) is 5.69 Å². The molecule has 5 nitrogen and oxygen atoms in total. The van der Waals surface area contributed by atoms with E-state index in [1.165, 1.54) is 5.56 Å². The lowest BCUT2D eigenvalue weighted by molar-refractivity contribution is -0.793. The molecule has 0 saturated heterocycles.